The van der Waals surface area contributed by atoms with Crippen LogP contribution in [0.2, 0.25) is 0 Å². The van der Waals surface area contributed by atoms with E-state index in [0.29, 0.717) is 11.5 Å². The highest BCUT2D eigenvalue weighted by Gasteiger charge is 2.32. The van der Waals surface area contributed by atoms with Gasteiger partial charge >= 0.3 is 0 Å². The number of fused-ring (bicyclic) bond motifs is 1. The Bertz CT molecular complexity index is 464. The molecule has 1 aliphatic carbocycles. The SMILES string of the molecule is COCCC(C)(C)CNC1CCC(C)(C)c2ccccc21. The van der Waals surface area contributed by atoms with Crippen LogP contribution >= 0.6 is 0 Å². The summed E-state index contributed by atoms with van der Waals surface area (Å²) in [6, 6.07) is 9.45. The molecule has 0 radical (unpaired) electrons. The molecule has 0 spiro atoms. The fraction of sp³-hybridized carbons (Fsp3) is 0.684. The molecular weight excluding hydrogens is 258 g/mol. The van der Waals surface area contributed by atoms with E-state index >= 15 is 0 Å². The number of hydrogen-bond acceptors (Lipinski definition) is 2. The minimum absolute atomic E-state index is 0.276. The van der Waals surface area contributed by atoms with E-state index in [9.17, 15) is 0 Å². The van der Waals surface area contributed by atoms with Crippen molar-refractivity contribution in [2.75, 3.05) is 20.3 Å². The molecule has 1 atom stereocenters. The lowest BCUT2D eigenvalue weighted by molar-refractivity contribution is 0.147. The minimum Gasteiger partial charge on any atom is -0.385 e. The predicted molar refractivity (Wildman–Crippen MR) is 89.7 cm³/mol. The predicted octanol–water partition coefficient (Wildman–Crippen LogP) is 4.45. The standard InChI is InChI=1S/C19H31NO/c1-18(2,12-13-21-5)14-20-17-10-11-19(3,4)16-9-7-6-8-15(16)17/h6-9,17,20H,10-14H2,1-5H3. The fourth-order valence-corrected chi connectivity index (χ4v) is 3.29. The third-order valence-corrected chi connectivity index (χ3v) is 4.93. The Morgan fingerprint density at radius 3 is 2.71 bits per heavy atom. The van der Waals surface area contributed by atoms with Gasteiger partial charge in [0.1, 0.15) is 0 Å². The van der Waals surface area contributed by atoms with Crippen molar-refractivity contribution in [2.45, 2.75) is 58.4 Å². The van der Waals surface area contributed by atoms with Crippen molar-refractivity contribution in [3.8, 4) is 0 Å². The van der Waals surface area contributed by atoms with Crippen molar-refractivity contribution >= 4 is 0 Å². The lowest BCUT2D eigenvalue weighted by atomic mass is 9.71. The van der Waals surface area contributed by atoms with Gasteiger partial charge in [-0.3, -0.25) is 0 Å². The summed E-state index contributed by atoms with van der Waals surface area (Å²) in [7, 11) is 1.78. The number of nitrogens with one attached hydrogen (secondary N) is 1. The Kier molecular flexibility index (Phi) is 5.11. The first-order valence-electron chi connectivity index (χ1n) is 8.17. The molecule has 0 heterocycles. The van der Waals surface area contributed by atoms with Crippen molar-refractivity contribution in [3.05, 3.63) is 35.4 Å². The maximum absolute atomic E-state index is 5.23. The highest BCUT2D eigenvalue weighted by Crippen LogP contribution is 2.41. The lowest BCUT2D eigenvalue weighted by Gasteiger charge is -2.38. The number of methoxy groups -OCH3 is 1. The van der Waals surface area contributed by atoms with Crippen LogP contribution in [-0.2, 0) is 10.2 Å². The average Bonchev–Trinajstić information content (AvgIpc) is 2.45. The first kappa shape index (κ1) is 16.5. The Morgan fingerprint density at radius 1 is 1.29 bits per heavy atom. The number of benzene rings is 1. The molecule has 1 unspecified atom stereocenters. The molecule has 1 aromatic rings. The van der Waals surface area contributed by atoms with Gasteiger partial charge in [0, 0.05) is 26.3 Å². The van der Waals surface area contributed by atoms with E-state index < -0.39 is 0 Å². The topological polar surface area (TPSA) is 21.3 Å². The molecule has 1 aromatic carbocycles. The monoisotopic (exact) mass is 289 g/mol. The molecule has 0 bridgehead atoms. The molecule has 0 aromatic heterocycles. The molecule has 21 heavy (non-hydrogen) atoms. The van der Waals surface area contributed by atoms with E-state index in [2.05, 4.69) is 57.3 Å². The van der Waals surface area contributed by atoms with E-state index in [-0.39, 0.29) is 5.41 Å². The third kappa shape index (κ3) is 4.08. The second-order valence-corrected chi connectivity index (χ2v) is 7.85. The van der Waals surface area contributed by atoms with Crippen LogP contribution in [0.1, 0.15) is 64.1 Å². The van der Waals surface area contributed by atoms with Crippen LogP contribution < -0.4 is 5.32 Å². The summed E-state index contributed by atoms with van der Waals surface area (Å²) in [5.41, 5.74) is 3.60. The van der Waals surface area contributed by atoms with Gasteiger partial charge in [0.2, 0.25) is 0 Å². The zero-order valence-corrected chi connectivity index (χ0v) is 14.3. The van der Waals surface area contributed by atoms with Crippen LogP contribution in [0, 0.1) is 5.41 Å². The minimum atomic E-state index is 0.276. The van der Waals surface area contributed by atoms with E-state index in [1.54, 1.807) is 7.11 Å². The summed E-state index contributed by atoms with van der Waals surface area (Å²) < 4.78 is 5.23. The zero-order valence-electron chi connectivity index (χ0n) is 14.3. The molecule has 2 rings (SSSR count). The van der Waals surface area contributed by atoms with E-state index in [0.717, 1.165) is 19.6 Å². The van der Waals surface area contributed by atoms with Crippen molar-refractivity contribution in [1.82, 2.24) is 5.32 Å². The molecule has 2 heteroatoms. The Balaban J connectivity index is 2.05. The first-order valence-corrected chi connectivity index (χ1v) is 8.17. The smallest absolute Gasteiger partial charge is 0.0467 e. The van der Waals surface area contributed by atoms with Gasteiger partial charge in [-0.1, -0.05) is 52.0 Å². The van der Waals surface area contributed by atoms with Crippen LogP contribution in [0.25, 0.3) is 0 Å². The summed E-state index contributed by atoms with van der Waals surface area (Å²) in [5.74, 6) is 0. The van der Waals surface area contributed by atoms with Gasteiger partial charge in [0.05, 0.1) is 0 Å². The fourth-order valence-electron chi connectivity index (χ4n) is 3.29. The summed E-state index contributed by atoms with van der Waals surface area (Å²) in [4.78, 5) is 0. The van der Waals surface area contributed by atoms with Gasteiger partial charge in [0.25, 0.3) is 0 Å². The molecule has 0 fully saturated rings. The maximum Gasteiger partial charge on any atom is 0.0467 e. The molecule has 0 saturated heterocycles. The van der Waals surface area contributed by atoms with E-state index in [4.69, 9.17) is 4.74 Å². The first-order chi connectivity index (χ1) is 9.86. The molecule has 118 valence electrons. The van der Waals surface area contributed by atoms with Crippen molar-refractivity contribution in [2.24, 2.45) is 5.41 Å². The van der Waals surface area contributed by atoms with Gasteiger partial charge in [0.15, 0.2) is 0 Å². The Labute approximate surface area is 130 Å². The zero-order chi connectivity index (χ0) is 15.5. The number of ether oxygens (including phenoxy) is 1. The molecule has 2 nitrogen and oxygen atoms in total. The highest BCUT2D eigenvalue weighted by atomic mass is 16.5. The normalized spacial score (nSPS) is 21.1. The van der Waals surface area contributed by atoms with Crippen LogP contribution in [0.15, 0.2) is 24.3 Å². The molecular formula is C19H31NO. The summed E-state index contributed by atoms with van der Waals surface area (Å²) in [5, 5.41) is 3.81. The van der Waals surface area contributed by atoms with Crippen LogP contribution in [0.5, 0.6) is 0 Å². The van der Waals surface area contributed by atoms with Gasteiger partial charge in [-0.2, -0.15) is 0 Å². The largest absolute Gasteiger partial charge is 0.385 e. The molecule has 0 aliphatic heterocycles. The second-order valence-electron chi connectivity index (χ2n) is 7.85. The highest BCUT2D eigenvalue weighted by molar-refractivity contribution is 5.38. The molecule has 1 aliphatic rings. The van der Waals surface area contributed by atoms with Gasteiger partial charge in [-0.25, -0.2) is 0 Å². The quantitative estimate of drug-likeness (QED) is 0.835. The number of rotatable bonds is 6. The molecule has 0 amide bonds. The summed E-state index contributed by atoms with van der Waals surface area (Å²) in [6.45, 7) is 11.2. The Morgan fingerprint density at radius 2 is 2.00 bits per heavy atom. The molecule has 1 N–H and O–H groups in total. The third-order valence-electron chi connectivity index (χ3n) is 4.93. The van der Waals surface area contributed by atoms with E-state index in [1.807, 2.05) is 0 Å². The molecule has 0 saturated carbocycles. The average molecular weight is 289 g/mol. The van der Waals surface area contributed by atoms with Crippen molar-refractivity contribution in [3.63, 3.8) is 0 Å². The van der Waals surface area contributed by atoms with Crippen molar-refractivity contribution < 1.29 is 4.74 Å². The lowest BCUT2D eigenvalue weighted by Crippen LogP contribution is -2.37. The van der Waals surface area contributed by atoms with Gasteiger partial charge < -0.3 is 10.1 Å². The van der Waals surface area contributed by atoms with Crippen molar-refractivity contribution in [1.29, 1.82) is 0 Å². The van der Waals surface area contributed by atoms with Gasteiger partial charge in [-0.05, 0) is 41.2 Å². The van der Waals surface area contributed by atoms with Crippen LogP contribution in [0.3, 0.4) is 0 Å². The van der Waals surface area contributed by atoms with Crippen LogP contribution in [0.4, 0.5) is 0 Å². The summed E-state index contributed by atoms with van der Waals surface area (Å²) in [6.07, 6.45) is 3.57. The number of hydrogen-bond donors (Lipinski definition) is 1. The Hall–Kier alpha value is -0.860. The maximum atomic E-state index is 5.23. The second kappa shape index (κ2) is 6.50. The van der Waals surface area contributed by atoms with E-state index in [1.165, 1.54) is 24.0 Å². The van der Waals surface area contributed by atoms with Crippen LogP contribution in [-0.4, -0.2) is 20.3 Å². The van der Waals surface area contributed by atoms with Gasteiger partial charge in [-0.15, -0.1) is 0 Å². The summed E-state index contributed by atoms with van der Waals surface area (Å²) >= 11 is 0.